The summed E-state index contributed by atoms with van der Waals surface area (Å²) in [6.45, 7) is 0. The van der Waals surface area contributed by atoms with Gasteiger partial charge in [0.15, 0.2) is 0 Å². The standard InChI is InChI=1S/C13H10BrF5O2S/c1-20-11-6-12(21-10-4-2-9(14)3-5-10)8-13(7-11)22(15,16,17,18)19/h2-8H,1H3. The number of methoxy groups -OCH3 is 1. The van der Waals surface area contributed by atoms with Crippen LogP contribution in [0.15, 0.2) is 51.8 Å². The SMILES string of the molecule is COc1cc(Oc2ccc(Br)cc2)cc(S(F)(F)(F)(F)F)c1. The van der Waals surface area contributed by atoms with Crippen molar-refractivity contribution in [2.45, 2.75) is 4.90 Å². The van der Waals surface area contributed by atoms with E-state index in [0.29, 0.717) is 0 Å². The molecule has 22 heavy (non-hydrogen) atoms. The third-order valence-electron chi connectivity index (χ3n) is 2.58. The Balaban J connectivity index is 2.47. The van der Waals surface area contributed by atoms with Crippen LogP contribution in [0, 0.1) is 0 Å². The minimum atomic E-state index is -9.82. The van der Waals surface area contributed by atoms with Crippen molar-refractivity contribution in [2.75, 3.05) is 7.11 Å². The summed E-state index contributed by atoms with van der Waals surface area (Å²) in [6.07, 6.45) is 0. The van der Waals surface area contributed by atoms with Crippen LogP contribution in [-0.2, 0) is 0 Å². The van der Waals surface area contributed by atoms with Gasteiger partial charge >= 0.3 is 10.2 Å². The van der Waals surface area contributed by atoms with Crippen LogP contribution in [0.1, 0.15) is 0 Å². The van der Waals surface area contributed by atoms with Crippen LogP contribution in [0.2, 0.25) is 0 Å². The van der Waals surface area contributed by atoms with E-state index in [4.69, 9.17) is 4.74 Å². The molecule has 122 valence electrons. The highest BCUT2D eigenvalue weighted by Crippen LogP contribution is 3.02. The number of benzene rings is 2. The molecule has 0 heterocycles. The number of ether oxygens (including phenoxy) is 2. The highest BCUT2D eigenvalue weighted by atomic mass is 79.9. The second kappa shape index (κ2) is 4.76. The molecule has 0 aliphatic rings. The molecule has 0 aliphatic heterocycles. The first-order valence-corrected chi connectivity index (χ1v) is 8.48. The van der Waals surface area contributed by atoms with Crippen LogP contribution < -0.4 is 9.47 Å². The quantitative estimate of drug-likeness (QED) is 0.515. The second-order valence-corrected chi connectivity index (χ2v) is 7.69. The first-order chi connectivity index (χ1) is 9.87. The Kier molecular flexibility index (Phi) is 3.65. The van der Waals surface area contributed by atoms with E-state index in [1.165, 1.54) is 12.1 Å². The van der Waals surface area contributed by atoms with Gasteiger partial charge in [-0.15, -0.1) is 0 Å². The molecule has 0 saturated heterocycles. The summed E-state index contributed by atoms with van der Waals surface area (Å²) in [5, 5.41) is 0. The minimum Gasteiger partial charge on any atom is -0.497 e. The van der Waals surface area contributed by atoms with Gasteiger partial charge in [0.25, 0.3) is 0 Å². The zero-order chi connectivity index (χ0) is 16.7. The topological polar surface area (TPSA) is 18.5 Å². The molecule has 2 aromatic carbocycles. The summed E-state index contributed by atoms with van der Waals surface area (Å²) < 4.78 is 75.1. The third kappa shape index (κ3) is 4.26. The Labute approximate surface area is 131 Å². The average Bonchev–Trinajstić information content (AvgIpc) is 2.38. The first-order valence-electron chi connectivity index (χ1n) is 5.74. The van der Waals surface area contributed by atoms with Crippen LogP contribution in [-0.4, -0.2) is 7.11 Å². The van der Waals surface area contributed by atoms with E-state index in [9.17, 15) is 19.4 Å². The van der Waals surface area contributed by atoms with Crippen molar-refractivity contribution < 1.29 is 28.9 Å². The van der Waals surface area contributed by atoms with Crippen molar-refractivity contribution in [2.24, 2.45) is 0 Å². The lowest BCUT2D eigenvalue weighted by molar-refractivity contribution is 0.359. The first kappa shape index (κ1) is 16.9. The van der Waals surface area contributed by atoms with Crippen molar-refractivity contribution >= 4 is 26.2 Å². The van der Waals surface area contributed by atoms with Crippen molar-refractivity contribution in [3.63, 3.8) is 0 Å². The van der Waals surface area contributed by atoms with Gasteiger partial charge in [0, 0.05) is 22.7 Å². The molecule has 0 amide bonds. The molecule has 0 unspecified atom stereocenters. The number of rotatable bonds is 4. The summed E-state index contributed by atoms with van der Waals surface area (Å²) in [6, 6.07) is 7.74. The highest BCUT2D eigenvalue weighted by molar-refractivity contribution is 9.10. The van der Waals surface area contributed by atoms with Gasteiger partial charge in [0.2, 0.25) is 0 Å². The van der Waals surface area contributed by atoms with E-state index < -0.39 is 20.9 Å². The maximum absolute atomic E-state index is 12.9. The summed E-state index contributed by atoms with van der Waals surface area (Å²) in [4.78, 5) is -2.06. The zero-order valence-corrected chi connectivity index (χ0v) is 13.4. The van der Waals surface area contributed by atoms with Crippen LogP contribution in [0.5, 0.6) is 17.2 Å². The fourth-order valence-corrected chi connectivity index (χ4v) is 2.53. The summed E-state index contributed by atoms with van der Waals surface area (Å²) >= 11 is 3.19. The van der Waals surface area contributed by atoms with E-state index in [1.807, 2.05) is 0 Å². The number of hydrogen-bond acceptors (Lipinski definition) is 2. The van der Waals surface area contributed by atoms with Crippen LogP contribution >= 0.6 is 26.2 Å². The van der Waals surface area contributed by atoms with Crippen LogP contribution in [0.3, 0.4) is 0 Å². The molecule has 0 aromatic heterocycles. The van der Waals surface area contributed by atoms with E-state index in [-0.39, 0.29) is 23.6 Å². The Morgan fingerprint density at radius 2 is 1.36 bits per heavy atom. The van der Waals surface area contributed by atoms with Gasteiger partial charge in [0.1, 0.15) is 22.1 Å². The fraction of sp³-hybridized carbons (Fsp3) is 0.0769. The van der Waals surface area contributed by atoms with Crippen molar-refractivity contribution in [1.29, 1.82) is 0 Å². The highest BCUT2D eigenvalue weighted by Gasteiger charge is 2.65. The predicted molar refractivity (Wildman–Crippen MR) is 78.6 cm³/mol. The van der Waals surface area contributed by atoms with E-state index >= 15 is 0 Å². The Hall–Kier alpha value is -1.48. The van der Waals surface area contributed by atoms with Crippen molar-refractivity contribution in [3.8, 4) is 17.2 Å². The molecule has 9 heteroatoms. The Bertz CT molecular complexity index is 701. The Morgan fingerprint density at radius 3 is 1.86 bits per heavy atom. The van der Waals surface area contributed by atoms with Crippen molar-refractivity contribution in [3.05, 3.63) is 46.9 Å². The van der Waals surface area contributed by atoms with Gasteiger partial charge in [-0.05, 0) is 24.3 Å². The molecule has 0 fully saturated rings. The lowest BCUT2D eigenvalue weighted by Crippen LogP contribution is -2.06. The molecule has 0 radical (unpaired) electrons. The average molecular weight is 405 g/mol. The molecule has 0 atom stereocenters. The van der Waals surface area contributed by atoms with E-state index in [0.717, 1.165) is 17.6 Å². The van der Waals surface area contributed by atoms with E-state index in [1.54, 1.807) is 12.1 Å². The zero-order valence-electron chi connectivity index (χ0n) is 11.0. The minimum absolute atomic E-state index is 0.199. The molecule has 2 nitrogen and oxygen atoms in total. The molecule has 2 aromatic rings. The third-order valence-corrected chi connectivity index (χ3v) is 4.24. The largest absolute Gasteiger partial charge is 0.497 e. The van der Waals surface area contributed by atoms with Crippen LogP contribution in [0.4, 0.5) is 19.4 Å². The molecular weight excluding hydrogens is 395 g/mol. The van der Waals surface area contributed by atoms with Crippen LogP contribution in [0.25, 0.3) is 0 Å². The maximum Gasteiger partial charge on any atom is 0.310 e. The molecule has 0 saturated carbocycles. The Morgan fingerprint density at radius 1 is 0.818 bits per heavy atom. The molecule has 0 spiro atoms. The number of halogens is 6. The predicted octanol–water partition coefficient (Wildman–Crippen LogP) is 6.91. The lowest BCUT2D eigenvalue weighted by Gasteiger charge is -2.40. The maximum atomic E-state index is 12.9. The smallest absolute Gasteiger partial charge is 0.310 e. The van der Waals surface area contributed by atoms with Gasteiger partial charge in [-0.2, -0.15) is 0 Å². The monoisotopic (exact) mass is 404 g/mol. The molecular formula is C13H10BrF5O2S. The summed E-state index contributed by atoms with van der Waals surface area (Å²) in [5.41, 5.74) is 0. The van der Waals surface area contributed by atoms with Gasteiger partial charge in [-0.25, -0.2) is 0 Å². The van der Waals surface area contributed by atoms with Gasteiger partial charge < -0.3 is 9.47 Å². The molecule has 0 N–H and O–H groups in total. The van der Waals surface area contributed by atoms with Crippen molar-refractivity contribution in [1.82, 2.24) is 0 Å². The second-order valence-electron chi connectivity index (χ2n) is 4.37. The normalized spacial score (nSPS) is 14.9. The van der Waals surface area contributed by atoms with Gasteiger partial charge in [-0.1, -0.05) is 35.4 Å². The molecule has 2 rings (SSSR count). The molecule has 0 aliphatic carbocycles. The number of hydrogen-bond donors (Lipinski definition) is 0. The van der Waals surface area contributed by atoms with Gasteiger partial charge in [0.05, 0.1) is 7.11 Å². The fourth-order valence-electron chi connectivity index (χ4n) is 1.58. The molecule has 0 bridgehead atoms. The van der Waals surface area contributed by atoms with E-state index in [2.05, 4.69) is 20.7 Å². The summed E-state index contributed by atoms with van der Waals surface area (Å²) in [5.74, 6) is -0.577. The lowest BCUT2D eigenvalue weighted by atomic mass is 10.3. The summed E-state index contributed by atoms with van der Waals surface area (Å²) in [7, 11) is -8.74. The van der Waals surface area contributed by atoms with Gasteiger partial charge in [-0.3, -0.25) is 0 Å².